The van der Waals surface area contributed by atoms with Gasteiger partial charge >= 0.3 is 6.18 Å². The molecule has 0 amide bonds. The molecular formula is C13H7ClF5NO2S. The average molecular weight is 372 g/mol. The highest BCUT2D eigenvalue weighted by Crippen LogP contribution is 2.36. The molecule has 10 heteroatoms. The molecule has 1 N–H and O–H groups in total. The first-order valence-electron chi connectivity index (χ1n) is 5.86. The van der Waals surface area contributed by atoms with Gasteiger partial charge in [-0.15, -0.1) is 0 Å². The molecule has 0 fully saturated rings. The van der Waals surface area contributed by atoms with Crippen molar-refractivity contribution in [3.8, 4) is 0 Å². The van der Waals surface area contributed by atoms with E-state index in [1.165, 1.54) is 0 Å². The summed E-state index contributed by atoms with van der Waals surface area (Å²) in [7, 11) is -4.76. The Morgan fingerprint density at radius 2 is 1.57 bits per heavy atom. The Kier molecular flexibility index (Phi) is 4.54. The standard InChI is InChI=1S/C13H7ClF5NO2S/c14-9-5-4-7(6-8(9)13(17,18)19)20-23(21,22)12-10(15)2-1-3-11(12)16/h1-6,20H. The van der Waals surface area contributed by atoms with Crippen molar-refractivity contribution >= 4 is 27.3 Å². The molecule has 0 aliphatic heterocycles. The Labute approximate surface area is 132 Å². The van der Waals surface area contributed by atoms with Crippen LogP contribution >= 0.6 is 11.6 Å². The van der Waals surface area contributed by atoms with E-state index in [1.807, 2.05) is 0 Å². The van der Waals surface area contributed by atoms with Crippen LogP contribution in [0.25, 0.3) is 0 Å². The van der Waals surface area contributed by atoms with Crippen molar-refractivity contribution in [3.63, 3.8) is 0 Å². The summed E-state index contributed by atoms with van der Waals surface area (Å²) in [5.74, 6) is -2.75. The van der Waals surface area contributed by atoms with Gasteiger partial charge in [0, 0.05) is 5.69 Å². The van der Waals surface area contributed by atoms with Crippen LogP contribution in [0.5, 0.6) is 0 Å². The maximum absolute atomic E-state index is 13.5. The zero-order valence-corrected chi connectivity index (χ0v) is 12.5. The molecule has 0 saturated heterocycles. The molecule has 0 saturated carbocycles. The SMILES string of the molecule is O=S(=O)(Nc1ccc(Cl)c(C(F)(F)F)c1)c1c(F)cccc1F. The van der Waals surface area contributed by atoms with Crippen LogP contribution in [0.1, 0.15) is 5.56 Å². The second-order valence-electron chi connectivity index (χ2n) is 4.35. The molecule has 0 spiro atoms. The lowest BCUT2D eigenvalue weighted by Crippen LogP contribution is -2.17. The molecule has 0 atom stereocenters. The van der Waals surface area contributed by atoms with E-state index in [9.17, 15) is 30.4 Å². The fourth-order valence-electron chi connectivity index (χ4n) is 1.75. The third-order valence-corrected chi connectivity index (χ3v) is 4.47. The number of nitrogens with one attached hydrogen (secondary N) is 1. The summed E-state index contributed by atoms with van der Waals surface area (Å²) in [4.78, 5) is -1.29. The highest BCUT2D eigenvalue weighted by molar-refractivity contribution is 7.92. The summed E-state index contributed by atoms with van der Waals surface area (Å²) >= 11 is 5.40. The van der Waals surface area contributed by atoms with E-state index in [2.05, 4.69) is 0 Å². The van der Waals surface area contributed by atoms with E-state index in [0.717, 1.165) is 18.2 Å². The van der Waals surface area contributed by atoms with Crippen molar-refractivity contribution in [2.45, 2.75) is 11.1 Å². The fourth-order valence-corrected chi connectivity index (χ4v) is 3.16. The molecule has 124 valence electrons. The van der Waals surface area contributed by atoms with Crippen molar-refractivity contribution in [1.82, 2.24) is 0 Å². The maximum atomic E-state index is 13.5. The molecule has 0 aliphatic carbocycles. The van der Waals surface area contributed by atoms with E-state index in [1.54, 1.807) is 4.72 Å². The maximum Gasteiger partial charge on any atom is 0.417 e. The predicted molar refractivity (Wildman–Crippen MR) is 73.6 cm³/mol. The third kappa shape index (κ3) is 3.73. The topological polar surface area (TPSA) is 46.2 Å². The van der Waals surface area contributed by atoms with Gasteiger partial charge in [-0.3, -0.25) is 4.72 Å². The minimum atomic E-state index is -4.82. The Balaban J connectivity index is 2.47. The van der Waals surface area contributed by atoms with Crippen LogP contribution < -0.4 is 4.72 Å². The lowest BCUT2D eigenvalue weighted by molar-refractivity contribution is -0.137. The van der Waals surface area contributed by atoms with Gasteiger partial charge in [0.05, 0.1) is 10.6 Å². The van der Waals surface area contributed by atoms with Crippen molar-refractivity contribution < 1.29 is 30.4 Å². The minimum absolute atomic E-state index is 0.429. The number of benzene rings is 2. The molecule has 23 heavy (non-hydrogen) atoms. The first-order valence-corrected chi connectivity index (χ1v) is 7.72. The molecule has 0 bridgehead atoms. The second-order valence-corrected chi connectivity index (χ2v) is 6.38. The quantitative estimate of drug-likeness (QED) is 0.811. The Hall–Kier alpha value is -1.87. The molecule has 2 aromatic carbocycles. The number of hydrogen-bond donors (Lipinski definition) is 1. The molecule has 2 aromatic rings. The average Bonchev–Trinajstić information content (AvgIpc) is 2.39. The van der Waals surface area contributed by atoms with Gasteiger partial charge in [0.1, 0.15) is 11.6 Å². The monoisotopic (exact) mass is 371 g/mol. The van der Waals surface area contributed by atoms with Crippen molar-refractivity contribution in [2.24, 2.45) is 0 Å². The minimum Gasteiger partial charge on any atom is -0.279 e. The predicted octanol–water partition coefficient (Wildman–Crippen LogP) is 4.44. The van der Waals surface area contributed by atoms with Crippen LogP contribution in [0.2, 0.25) is 5.02 Å². The van der Waals surface area contributed by atoms with Gasteiger partial charge in [-0.1, -0.05) is 17.7 Å². The number of alkyl halides is 3. The van der Waals surface area contributed by atoms with Crippen molar-refractivity contribution in [1.29, 1.82) is 0 Å². The number of halogens is 6. The van der Waals surface area contributed by atoms with E-state index in [-0.39, 0.29) is 0 Å². The highest BCUT2D eigenvalue weighted by atomic mass is 35.5. The number of anilines is 1. The van der Waals surface area contributed by atoms with E-state index < -0.39 is 49.0 Å². The Bertz CT molecular complexity index is 832. The van der Waals surface area contributed by atoms with Crippen molar-refractivity contribution in [2.75, 3.05) is 4.72 Å². The van der Waals surface area contributed by atoms with Gasteiger partial charge < -0.3 is 0 Å². The zero-order chi connectivity index (χ0) is 17.4. The summed E-state index contributed by atoms with van der Waals surface area (Å²) in [6.07, 6.45) is -4.82. The summed E-state index contributed by atoms with van der Waals surface area (Å²) in [5, 5.41) is -0.641. The normalized spacial score (nSPS) is 12.3. The van der Waals surface area contributed by atoms with E-state index in [4.69, 9.17) is 11.6 Å². The molecule has 0 unspecified atom stereocenters. The molecule has 3 nitrogen and oxygen atoms in total. The van der Waals surface area contributed by atoms with Crippen LogP contribution in [0.3, 0.4) is 0 Å². The molecule has 0 aliphatic rings. The van der Waals surface area contributed by atoms with Crippen LogP contribution in [-0.2, 0) is 16.2 Å². The van der Waals surface area contributed by atoms with Crippen LogP contribution in [0.4, 0.5) is 27.6 Å². The number of sulfonamides is 1. The van der Waals surface area contributed by atoms with Crippen molar-refractivity contribution in [3.05, 3.63) is 58.6 Å². The molecule has 2 rings (SSSR count). The lowest BCUT2D eigenvalue weighted by atomic mass is 10.2. The third-order valence-electron chi connectivity index (χ3n) is 2.71. The summed E-state index contributed by atoms with van der Waals surface area (Å²) in [5.41, 5.74) is -1.82. The van der Waals surface area contributed by atoms with E-state index in [0.29, 0.717) is 18.2 Å². The van der Waals surface area contributed by atoms with Gasteiger partial charge in [0.2, 0.25) is 0 Å². The van der Waals surface area contributed by atoms with Crippen LogP contribution in [0.15, 0.2) is 41.3 Å². The first kappa shape index (κ1) is 17.5. The van der Waals surface area contributed by atoms with Gasteiger partial charge in [0.25, 0.3) is 10.0 Å². The molecule has 0 heterocycles. The Morgan fingerprint density at radius 3 is 2.09 bits per heavy atom. The number of rotatable bonds is 3. The summed E-state index contributed by atoms with van der Waals surface area (Å²) < 4.78 is 90.9. The Morgan fingerprint density at radius 1 is 1.00 bits per heavy atom. The smallest absolute Gasteiger partial charge is 0.279 e. The fraction of sp³-hybridized carbons (Fsp3) is 0.0769. The van der Waals surface area contributed by atoms with Crippen LogP contribution in [0, 0.1) is 11.6 Å². The van der Waals surface area contributed by atoms with Gasteiger partial charge in [-0.25, -0.2) is 17.2 Å². The molecular weight excluding hydrogens is 365 g/mol. The summed E-state index contributed by atoms with van der Waals surface area (Å²) in [6.45, 7) is 0. The molecule has 0 aromatic heterocycles. The zero-order valence-electron chi connectivity index (χ0n) is 11.0. The first-order chi connectivity index (χ1) is 10.5. The van der Waals surface area contributed by atoms with Gasteiger partial charge in [-0.2, -0.15) is 13.2 Å². The second kappa shape index (κ2) is 5.97. The highest BCUT2D eigenvalue weighted by Gasteiger charge is 2.34. The van der Waals surface area contributed by atoms with E-state index >= 15 is 0 Å². The lowest BCUT2D eigenvalue weighted by Gasteiger charge is -2.13. The number of hydrogen-bond acceptors (Lipinski definition) is 2. The van der Waals surface area contributed by atoms with Gasteiger partial charge in [-0.05, 0) is 30.3 Å². The van der Waals surface area contributed by atoms with Gasteiger partial charge in [0.15, 0.2) is 4.90 Å². The van der Waals surface area contributed by atoms with Crippen LogP contribution in [-0.4, -0.2) is 8.42 Å². The molecule has 0 radical (unpaired) electrons. The largest absolute Gasteiger partial charge is 0.417 e. The summed E-state index contributed by atoms with van der Waals surface area (Å²) in [6, 6.07) is 4.56.